The van der Waals surface area contributed by atoms with Gasteiger partial charge in [-0.25, -0.2) is 4.39 Å². The standard InChI is InChI=1S/C11H17FN2/c1-11(2,13)8-14(3)10-6-4-9(12)5-7-10/h4-7H,8,13H2,1-3H3. The fourth-order valence-electron chi connectivity index (χ4n) is 1.40. The Morgan fingerprint density at radius 2 is 1.79 bits per heavy atom. The molecule has 0 aromatic heterocycles. The zero-order chi connectivity index (χ0) is 10.8. The van der Waals surface area contributed by atoms with Crippen molar-refractivity contribution in [3.05, 3.63) is 30.1 Å². The lowest BCUT2D eigenvalue weighted by molar-refractivity contribution is 0.519. The fourth-order valence-corrected chi connectivity index (χ4v) is 1.40. The number of hydrogen-bond donors (Lipinski definition) is 1. The molecule has 0 spiro atoms. The van der Waals surface area contributed by atoms with E-state index in [4.69, 9.17) is 5.73 Å². The van der Waals surface area contributed by atoms with Gasteiger partial charge in [0.1, 0.15) is 5.82 Å². The van der Waals surface area contributed by atoms with Gasteiger partial charge in [-0.15, -0.1) is 0 Å². The van der Waals surface area contributed by atoms with Crippen LogP contribution in [0.5, 0.6) is 0 Å². The van der Waals surface area contributed by atoms with Gasteiger partial charge in [0, 0.05) is 24.8 Å². The Kier molecular flexibility index (Phi) is 3.11. The second-order valence-corrected chi connectivity index (χ2v) is 4.32. The summed E-state index contributed by atoms with van der Waals surface area (Å²) in [6.45, 7) is 4.67. The van der Waals surface area contributed by atoms with Crippen LogP contribution in [0, 0.1) is 5.82 Å². The highest BCUT2D eigenvalue weighted by Gasteiger charge is 2.13. The van der Waals surface area contributed by atoms with Gasteiger partial charge in [-0.05, 0) is 38.1 Å². The Hall–Kier alpha value is -1.09. The molecule has 14 heavy (non-hydrogen) atoms. The zero-order valence-corrected chi connectivity index (χ0v) is 8.92. The van der Waals surface area contributed by atoms with E-state index in [0.29, 0.717) is 0 Å². The Morgan fingerprint density at radius 1 is 1.29 bits per heavy atom. The first kappa shape index (κ1) is 11.0. The molecule has 0 fully saturated rings. The third-order valence-electron chi connectivity index (χ3n) is 1.91. The van der Waals surface area contributed by atoms with Crippen LogP contribution in [-0.2, 0) is 0 Å². The topological polar surface area (TPSA) is 29.3 Å². The first-order chi connectivity index (χ1) is 6.38. The van der Waals surface area contributed by atoms with Crippen molar-refractivity contribution in [3.8, 4) is 0 Å². The van der Waals surface area contributed by atoms with Gasteiger partial charge < -0.3 is 10.6 Å². The average Bonchev–Trinajstić information content (AvgIpc) is 2.02. The molecule has 0 aliphatic heterocycles. The molecule has 2 nitrogen and oxygen atoms in total. The van der Waals surface area contributed by atoms with Crippen LogP contribution in [0.15, 0.2) is 24.3 Å². The average molecular weight is 196 g/mol. The molecule has 0 unspecified atom stereocenters. The third kappa shape index (κ3) is 3.34. The summed E-state index contributed by atoms with van der Waals surface area (Å²) in [6, 6.07) is 6.41. The first-order valence-corrected chi connectivity index (χ1v) is 4.64. The first-order valence-electron chi connectivity index (χ1n) is 4.64. The Labute approximate surface area is 84.5 Å². The molecular formula is C11H17FN2. The number of halogens is 1. The number of likely N-dealkylation sites (N-methyl/N-ethyl adjacent to an activating group) is 1. The molecule has 0 bridgehead atoms. The van der Waals surface area contributed by atoms with E-state index in [0.717, 1.165) is 12.2 Å². The highest BCUT2D eigenvalue weighted by molar-refractivity contribution is 5.45. The molecule has 0 aliphatic rings. The zero-order valence-electron chi connectivity index (χ0n) is 8.92. The number of rotatable bonds is 3. The van der Waals surface area contributed by atoms with E-state index >= 15 is 0 Å². The largest absolute Gasteiger partial charge is 0.373 e. The summed E-state index contributed by atoms with van der Waals surface area (Å²) in [4.78, 5) is 2.01. The predicted molar refractivity (Wildman–Crippen MR) is 57.9 cm³/mol. The lowest BCUT2D eigenvalue weighted by Crippen LogP contribution is -2.44. The number of hydrogen-bond acceptors (Lipinski definition) is 2. The SMILES string of the molecule is CN(CC(C)(C)N)c1ccc(F)cc1. The highest BCUT2D eigenvalue weighted by atomic mass is 19.1. The van der Waals surface area contributed by atoms with Crippen LogP contribution in [0.25, 0.3) is 0 Å². The maximum Gasteiger partial charge on any atom is 0.123 e. The number of anilines is 1. The normalized spacial score (nSPS) is 11.5. The van der Waals surface area contributed by atoms with Gasteiger partial charge in [0.05, 0.1) is 0 Å². The Balaban J connectivity index is 2.70. The molecule has 0 aliphatic carbocycles. The van der Waals surface area contributed by atoms with Crippen LogP contribution >= 0.6 is 0 Å². The lowest BCUT2D eigenvalue weighted by Gasteiger charge is -2.28. The molecule has 0 saturated heterocycles. The lowest BCUT2D eigenvalue weighted by atomic mass is 10.1. The Morgan fingerprint density at radius 3 is 2.21 bits per heavy atom. The number of nitrogens with two attached hydrogens (primary N) is 1. The van der Waals surface area contributed by atoms with Crippen LogP contribution in [0.4, 0.5) is 10.1 Å². The molecule has 0 amide bonds. The number of nitrogens with zero attached hydrogens (tertiary/aromatic N) is 1. The van der Waals surface area contributed by atoms with Crippen molar-refractivity contribution < 1.29 is 4.39 Å². The summed E-state index contributed by atoms with van der Waals surface area (Å²) in [5, 5.41) is 0. The van der Waals surface area contributed by atoms with E-state index in [2.05, 4.69) is 0 Å². The minimum atomic E-state index is -0.247. The van der Waals surface area contributed by atoms with Crippen LogP contribution < -0.4 is 10.6 Å². The van der Waals surface area contributed by atoms with Crippen molar-refractivity contribution in [2.24, 2.45) is 5.73 Å². The van der Waals surface area contributed by atoms with E-state index in [1.807, 2.05) is 25.8 Å². The minimum absolute atomic E-state index is 0.214. The van der Waals surface area contributed by atoms with E-state index in [1.54, 1.807) is 12.1 Å². The van der Waals surface area contributed by atoms with E-state index < -0.39 is 0 Å². The second kappa shape index (κ2) is 3.96. The van der Waals surface area contributed by atoms with Crippen molar-refractivity contribution in [3.63, 3.8) is 0 Å². The van der Waals surface area contributed by atoms with Gasteiger partial charge in [0.15, 0.2) is 0 Å². The second-order valence-electron chi connectivity index (χ2n) is 4.32. The molecule has 3 heteroatoms. The molecule has 0 radical (unpaired) electrons. The molecule has 1 aromatic rings. The van der Waals surface area contributed by atoms with Crippen LogP contribution in [-0.4, -0.2) is 19.1 Å². The number of benzene rings is 1. The van der Waals surface area contributed by atoms with Crippen molar-refractivity contribution in [2.75, 3.05) is 18.5 Å². The van der Waals surface area contributed by atoms with E-state index in [1.165, 1.54) is 12.1 Å². The fraction of sp³-hybridized carbons (Fsp3) is 0.455. The maximum atomic E-state index is 12.6. The van der Waals surface area contributed by atoms with Gasteiger partial charge in [-0.3, -0.25) is 0 Å². The monoisotopic (exact) mass is 196 g/mol. The van der Waals surface area contributed by atoms with E-state index in [-0.39, 0.29) is 11.4 Å². The molecule has 1 rings (SSSR count). The predicted octanol–water partition coefficient (Wildman–Crippen LogP) is 2.00. The van der Waals surface area contributed by atoms with Crippen LogP contribution in [0.3, 0.4) is 0 Å². The summed E-state index contributed by atoms with van der Waals surface area (Å²) >= 11 is 0. The summed E-state index contributed by atoms with van der Waals surface area (Å²) in [5.74, 6) is -0.214. The van der Waals surface area contributed by atoms with Crippen LogP contribution in [0.1, 0.15) is 13.8 Å². The van der Waals surface area contributed by atoms with E-state index in [9.17, 15) is 4.39 Å². The van der Waals surface area contributed by atoms with Crippen molar-refractivity contribution in [1.29, 1.82) is 0 Å². The van der Waals surface area contributed by atoms with Gasteiger partial charge >= 0.3 is 0 Å². The van der Waals surface area contributed by atoms with Crippen LogP contribution in [0.2, 0.25) is 0 Å². The highest BCUT2D eigenvalue weighted by Crippen LogP contribution is 2.14. The smallest absolute Gasteiger partial charge is 0.123 e. The molecule has 78 valence electrons. The summed E-state index contributed by atoms with van der Waals surface area (Å²) in [5.41, 5.74) is 6.62. The summed E-state index contributed by atoms with van der Waals surface area (Å²) < 4.78 is 12.6. The molecule has 0 heterocycles. The molecule has 0 saturated carbocycles. The maximum absolute atomic E-state index is 12.6. The third-order valence-corrected chi connectivity index (χ3v) is 1.91. The molecular weight excluding hydrogens is 179 g/mol. The molecule has 2 N–H and O–H groups in total. The summed E-state index contributed by atoms with van der Waals surface area (Å²) in [6.07, 6.45) is 0. The molecule has 1 aromatic carbocycles. The van der Waals surface area contributed by atoms with Crippen molar-refractivity contribution in [1.82, 2.24) is 0 Å². The molecule has 0 atom stereocenters. The van der Waals surface area contributed by atoms with Gasteiger partial charge in [0.25, 0.3) is 0 Å². The summed E-state index contributed by atoms with van der Waals surface area (Å²) in [7, 11) is 1.95. The van der Waals surface area contributed by atoms with Gasteiger partial charge in [0.2, 0.25) is 0 Å². The van der Waals surface area contributed by atoms with Gasteiger partial charge in [-0.2, -0.15) is 0 Å². The Bertz CT molecular complexity index is 287. The quantitative estimate of drug-likeness (QED) is 0.801. The van der Waals surface area contributed by atoms with Crippen molar-refractivity contribution >= 4 is 5.69 Å². The minimum Gasteiger partial charge on any atom is -0.373 e. The van der Waals surface area contributed by atoms with Gasteiger partial charge in [-0.1, -0.05) is 0 Å². The van der Waals surface area contributed by atoms with Crippen molar-refractivity contribution in [2.45, 2.75) is 19.4 Å².